The molecule has 3 heteroatoms. The van der Waals surface area contributed by atoms with Crippen molar-refractivity contribution in [2.75, 3.05) is 47.3 Å². The van der Waals surface area contributed by atoms with Crippen LogP contribution in [0.5, 0.6) is 0 Å². The Morgan fingerprint density at radius 1 is 1.28 bits per heavy atom. The molecule has 1 aliphatic heterocycles. The standard InChI is InChI=1S/C15H33N3/c1-6-9-15(2,12-16-3)13-18-10-7-14(8-11-18)17(4)5/h14,16H,6-13H2,1-5H3. The second-order valence-corrected chi connectivity index (χ2v) is 6.56. The summed E-state index contributed by atoms with van der Waals surface area (Å²) >= 11 is 0. The van der Waals surface area contributed by atoms with Gasteiger partial charge in [-0.15, -0.1) is 0 Å². The van der Waals surface area contributed by atoms with Gasteiger partial charge in [-0.2, -0.15) is 0 Å². The number of hydrogen-bond acceptors (Lipinski definition) is 3. The zero-order valence-corrected chi connectivity index (χ0v) is 13.1. The molecule has 1 saturated heterocycles. The van der Waals surface area contributed by atoms with Gasteiger partial charge in [-0.25, -0.2) is 0 Å². The molecule has 1 unspecified atom stereocenters. The largest absolute Gasteiger partial charge is 0.319 e. The summed E-state index contributed by atoms with van der Waals surface area (Å²) in [5.74, 6) is 0. The van der Waals surface area contributed by atoms with Crippen molar-refractivity contribution in [3.8, 4) is 0 Å². The van der Waals surface area contributed by atoms with Crippen LogP contribution in [0.25, 0.3) is 0 Å². The van der Waals surface area contributed by atoms with E-state index in [2.05, 4.69) is 50.1 Å². The molecule has 0 aromatic heterocycles. The molecule has 1 atom stereocenters. The van der Waals surface area contributed by atoms with Crippen molar-refractivity contribution in [1.82, 2.24) is 15.1 Å². The summed E-state index contributed by atoms with van der Waals surface area (Å²) in [6, 6.07) is 0.794. The monoisotopic (exact) mass is 255 g/mol. The molecule has 1 heterocycles. The van der Waals surface area contributed by atoms with Gasteiger partial charge in [0.2, 0.25) is 0 Å². The van der Waals surface area contributed by atoms with Gasteiger partial charge in [0, 0.05) is 19.1 Å². The van der Waals surface area contributed by atoms with Crippen molar-refractivity contribution in [1.29, 1.82) is 0 Å². The third-order valence-corrected chi connectivity index (χ3v) is 4.35. The molecule has 1 aliphatic rings. The lowest BCUT2D eigenvalue weighted by atomic mass is 9.84. The summed E-state index contributed by atoms with van der Waals surface area (Å²) in [4.78, 5) is 5.06. The van der Waals surface area contributed by atoms with E-state index in [1.165, 1.54) is 45.3 Å². The quantitative estimate of drug-likeness (QED) is 0.751. The predicted octanol–water partition coefficient (Wildman–Crippen LogP) is 2.04. The number of rotatable bonds is 7. The fourth-order valence-electron chi connectivity index (χ4n) is 3.39. The molecule has 0 aliphatic carbocycles. The lowest BCUT2D eigenvalue weighted by molar-refractivity contribution is 0.0963. The molecule has 0 bridgehead atoms. The normalized spacial score (nSPS) is 22.3. The van der Waals surface area contributed by atoms with Crippen LogP contribution in [0.15, 0.2) is 0 Å². The third-order valence-electron chi connectivity index (χ3n) is 4.35. The maximum atomic E-state index is 3.37. The Labute approximate surface area is 114 Å². The molecule has 0 aromatic rings. The minimum Gasteiger partial charge on any atom is -0.319 e. The smallest absolute Gasteiger partial charge is 0.0113 e. The van der Waals surface area contributed by atoms with Crippen molar-refractivity contribution in [2.45, 2.75) is 45.6 Å². The molecule has 0 radical (unpaired) electrons. The molecule has 0 spiro atoms. The summed E-state index contributed by atoms with van der Waals surface area (Å²) in [6.07, 6.45) is 5.26. The van der Waals surface area contributed by atoms with Gasteiger partial charge in [0.25, 0.3) is 0 Å². The highest BCUT2D eigenvalue weighted by atomic mass is 15.2. The molecule has 108 valence electrons. The van der Waals surface area contributed by atoms with E-state index in [4.69, 9.17) is 0 Å². The van der Waals surface area contributed by atoms with Gasteiger partial charge in [0.1, 0.15) is 0 Å². The van der Waals surface area contributed by atoms with E-state index < -0.39 is 0 Å². The maximum Gasteiger partial charge on any atom is 0.0113 e. The highest BCUT2D eigenvalue weighted by molar-refractivity contribution is 4.84. The number of nitrogens with one attached hydrogen (secondary N) is 1. The Bertz CT molecular complexity index is 214. The first-order valence-electron chi connectivity index (χ1n) is 7.54. The lowest BCUT2D eigenvalue weighted by Gasteiger charge is -2.40. The van der Waals surface area contributed by atoms with Crippen LogP contribution in [0.3, 0.4) is 0 Å². The van der Waals surface area contributed by atoms with E-state index in [9.17, 15) is 0 Å². The number of hydrogen-bond donors (Lipinski definition) is 1. The second kappa shape index (κ2) is 7.46. The first-order chi connectivity index (χ1) is 8.50. The van der Waals surface area contributed by atoms with Gasteiger partial charge < -0.3 is 15.1 Å². The van der Waals surface area contributed by atoms with Gasteiger partial charge in [0.15, 0.2) is 0 Å². The van der Waals surface area contributed by atoms with Crippen LogP contribution < -0.4 is 5.32 Å². The van der Waals surface area contributed by atoms with Crippen molar-refractivity contribution in [3.05, 3.63) is 0 Å². The van der Waals surface area contributed by atoms with Crippen molar-refractivity contribution in [3.63, 3.8) is 0 Å². The average molecular weight is 255 g/mol. The SMILES string of the molecule is CCCC(C)(CNC)CN1CCC(N(C)C)CC1. The predicted molar refractivity (Wildman–Crippen MR) is 80.1 cm³/mol. The highest BCUT2D eigenvalue weighted by Crippen LogP contribution is 2.26. The van der Waals surface area contributed by atoms with Gasteiger partial charge in [0.05, 0.1) is 0 Å². The van der Waals surface area contributed by atoms with Gasteiger partial charge >= 0.3 is 0 Å². The van der Waals surface area contributed by atoms with Crippen LogP contribution in [0.4, 0.5) is 0 Å². The highest BCUT2D eigenvalue weighted by Gasteiger charge is 2.28. The maximum absolute atomic E-state index is 3.37. The molecule has 1 N–H and O–H groups in total. The number of nitrogens with zero attached hydrogens (tertiary/aromatic N) is 2. The molecule has 0 amide bonds. The number of piperidine rings is 1. The summed E-state index contributed by atoms with van der Waals surface area (Å²) in [5.41, 5.74) is 0.439. The first-order valence-corrected chi connectivity index (χ1v) is 7.54. The Morgan fingerprint density at radius 2 is 1.89 bits per heavy atom. The average Bonchev–Trinajstić information content (AvgIpc) is 2.30. The topological polar surface area (TPSA) is 18.5 Å². The zero-order valence-electron chi connectivity index (χ0n) is 13.1. The molecule has 0 saturated carbocycles. The summed E-state index contributed by atoms with van der Waals surface area (Å²) < 4.78 is 0. The molecular weight excluding hydrogens is 222 g/mol. The van der Waals surface area contributed by atoms with Crippen molar-refractivity contribution in [2.24, 2.45) is 5.41 Å². The lowest BCUT2D eigenvalue weighted by Crippen LogP contribution is -2.47. The molecule has 18 heavy (non-hydrogen) atoms. The zero-order chi connectivity index (χ0) is 13.6. The first kappa shape index (κ1) is 15.9. The van der Waals surface area contributed by atoms with Gasteiger partial charge in [-0.3, -0.25) is 0 Å². The van der Waals surface area contributed by atoms with Gasteiger partial charge in [-0.1, -0.05) is 20.3 Å². The van der Waals surface area contributed by atoms with Crippen molar-refractivity contribution >= 4 is 0 Å². The van der Waals surface area contributed by atoms with E-state index in [1.54, 1.807) is 0 Å². The van der Waals surface area contributed by atoms with E-state index in [-0.39, 0.29) is 0 Å². The van der Waals surface area contributed by atoms with Crippen LogP contribution in [-0.4, -0.2) is 63.2 Å². The molecule has 1 rings (SSSR count). The Morgan fingerprint density at radius 3 is 2.33 bits per heavy atom. The summed E-state index contributed by atoms with van der Waals surface area (Å²) in [7, 11) is 6.50. The van der Waals surface area contributed by atoms with Crippen LogP contribution in [-0.2, 0) is 0 Å². The minimum absolute atomic E-state index is 0.439. The second-order valence-electron chi connectivity index (χ2n) is 6.56. The van der Waals surface area contributed by atoms with E-state index >= 15 is 0 Å². The minimum atomic E-state index is 0.439. The number of likely N-dealkylation sites (tertiary alicyclic amines) is 1. The molecule has 1 fully saturated rings. The molecule has 0 aromatic carbocycles. The fraction of sp³-hybridized carbons (Fsp3) is 1.00. The van der Waals surface area contributed by atoms with E-state index in [0.717, 1.165) is 12.6 Å². The van der Waals surface area contributed by atoms with Crippen LogP contribution in [0.1, 0.15) is 39.5 Å². The summed E-state index contributed by atoms with van der Waals surface area (Å²) in [6.45, 7) is 9.66. The Kier molecular flexibility index (Phi) is 6.61. The van der Waals surface area contributed by atoms with Gasteiger partial charge in [-0.05, 0) is 58.9 Å². The molecule has 3 nitrogen and oxygen atoms in total. The summed E-state index contributed by atoms with van der Waals surface area (Å²) in [5, 5.41) is 3.37. The van der Waals surface area contributed by atoms with Crippen LogP contribution >= 0.6 is 0 Å². The van der Waals surface area contributed by atoms with Crippen LogP contribution in [0, 0.1) is 5.41 Å². The fourth-order valence-corrected chi connectivity index (χ4v) is 3.39. The van der Waals surface area contributed by atoms with Crippen LogP contribution in [0.2, 0.25) is 0 Å². The van der Waals surface area contributed by atoms with Crippen molar-refractivity contribution < 1.29 is 0 Å². The van der Waals surface area contributed by atoms with E-state index in [0.29, 0.717) is 5.41 Å². The Hall–Kier alpha value is -0.120. The Balaban J connectivity index is 2.42. The molecular formula is C15H33N3. The van der Waals surface area contributed by atoms with E-state index in [1.807, 2.05) is 0 Å². The third kappa shape index (κ3) is 4.87.